The molecule has 4 rings (SSSR count). The third kappa shape index (κ3) is 3.80. The minimum absolute atomic E-state index is 0.313. The molecule has 8 nitrogen and oxygen atoms in total. The summed E-state index contributed by atoms with van der Waals surface area (Å²) in [6, 6.07) is 6.87. The molecule has 0 radical (unpaired) electrons. The first-order chi connectivity index (χ1) is 13.2. The lowest BCUT2D eigenvalue weighted by Gasteiger charge is -2.22. The molecule has 2 N–H and O–H groups in total. The molecule has 1 atom stereocenters. The lowest BCUT2D eigenvalue weighted by molar-refractivity contribution is -0.142. The molecule has 1 aliphatic carbocycles. The zero-order valence-corrected chi connectivity index (χ0v) is 14.9. The Labute approximate surface area is 158 Å². The summed E-state index contributed by atoms with van der Waals surface area (Å²) >= 11 is 1.42. The van der Waals surface area contributed by atoms with Crippen LogP contribution in [0.25, 0.3) is 11.4 Å². The molecular formula is C18H15N5O3S. The van der Waals surface area contributed by atoms with Crippen molar-refractivity contribution >= 4 is 17.3 Å². The largest absolute Gasteiger partial charge is 0.478 e. The third-order valence-electron chi connectivity index (χ3n) is 4.30. The Morgan fingerprint density at radius 1 is 1.37 bits per heavy atom. The van der Waals surface area contributed by atoms with E-state index in [0.717, 1.165) is 18.5 Å². The summed E-state index contributed by atoms with van der Waals surface area (Å²) in [6.45, 7) is 0. The molecule has 0 aliphatic heterocycles. The quantitative estimate of drug-likeness (QED) is 0.653. The van der Waals surface area contributed by atoms with Crippen LogP contribution in [0.15, 0.2) is 29.6 Å². The number of para-hydroxylation sites is 1. The van der Waals surface area contributed by atoms with E-state index in [9.17, 15) is 9.90 Å². The van der Waals surface area contributed by atoms with Crippen molar-refractivity contribution in [3.8, 4) is 29.0 Å². The molecule has 136 valence electrons. The number of ether oxygens (including phenoxy) is 1. The van der Waals surface area contributed by atoms with Gasteiger partial charge < -0.3 is 9.84 Å². The Bertz CT molecular complexity index is 1000. The van der Waals surface area contributed by atoms with Crippen molar-refractivity contribution in [3.05, 3.63) is 40.3 Å². The molecule has 9 heteroatoms. The summed E-state index contributed by atoms with van der Waals surface area (Å²) in [4.78, 5) is 16.1. The standard InChI is InChI=1S/C18H15N5O3S/c24-18(25)15(8-9-16-19-13(10-27-16)11-4-3-5-11)26-14-7-2-1-6-12(14)17-20-22-23-21-17/h1-2,6-7,10-11,15H,3-5H2,(H,24,25)(H,20,21,22,23). The molecule has 1 saturated carbocycles. The number of rotatable bonds is 5. The molecule has 1 aromatic carbocycles. The van der Waals surface area contributed by atoms with Crippen LogP contribution >= 0.6 is 11.3 Å². The van der Waals surface area contributed by atoms with E-state index in [1.807, 2.05) is 5.38 Å². The van der Waals surface area contributed by atoms with E-state index in [0.29, 0.717) is 28.1 Å². The lowest BCUT2D eigenvalue weighted by atomic mass is 9.83. The van der Waals surface area contributed by atoms with Crippen LogP contribution in [0.3, 0.4) is 0 Å². The van der Waals surface area contributed by atoms with Gasteiger partial charge >= 0.3 is 5.97 Å². The summed E-state index contributed by atoms with van der Waals surface area (Å²) in [5, 5.41) is 25.8. The Kier molecular flexibility index (Phi) is 4.80. The van der Waals surface area contributed by atoms with Gasteiger partial charge in [0.1, 0.15) is 5.75 Å². The summed E-state index contributed by atoms with van der Waals surface area (Å²) < 4.78 is 5.62. The Morgan fingerprint density at radius 2 is 2.22 bits per heavy atom. The van der Waals surface area contributed by atoms with Crippen LogP contribution in [-0.2, 0) is 4.79 Å². The molecule has 1 unspecified atom stereocenters. The second kappa shape index (κ2) is 7.55. The molecule has 27 heavy (non-hydrogen) atoms. The smallest absolute Gasteiger partial charge is 0.357 e. The van der Waals surface area contributed by atoms with Gasteiger partial charge in [0.15, 0.2) is 5.01 Å². The minimum atomic E-state index is -1.34. The minimum Gasteiger partial charge on any atom is -0.478 e. The molecular weight excluding hydrogens is 366 g/mol. The van der Waals surface area contributed by atoms with Crippen molar-refractivity contribution in [2.45, 2.75) is 31.3 Å². The molecule has 1 aliphatic rings. The topological polar surface area (TPSA) is 114 Å². The first-order valence-electron chi connectivity index (χ1n) is 8.40. The highest BCUT2D eigenvalue weighted by Crippen LogP contribution is 2.36. The maximum atomic E-state index is 11.6. The monoisotopic (exact) mass is 381 g/mol. The fourth-order valence-corrected chi connectivity index (χ4v) is 3.41. The van der Waals surface area contributed by atoms with E-state index in [2.05, 4.69) is 37.4 Å². The van der Waals surface area contributed by atoms with Crippen molar-refractivity contribution in [1.29, 1.82) is 0 Å². The number of carboxylic acids is 1. The van der Waals surface area contributed by atoms with Gasteiger partial charge in [-0.15, -0.1) is 21.5 Å². The number of benzene rings is 1. The number of carboxylic acid groups (broad SMARTS) is 1. The second-order valence-corrected chi connectivity index (χ2v) is 6.90. The van der Waals surface area contributed by atoms with Crippen molar-refractivity contribution in [2.75, 3.05) is 0 Å². The Hall–Kier alpha value is -3.25. The average molecular weight is 381 g/mol. The summed E-state index contributed by atoms with van der Waals surface area (Å²) in [6.07, 6.45) is 2.21. The number of tetrazole rings is 1. The number of carbonyl (C=O) groups is 1. The van der Waals surface area contributed by atoms with E-state index in [-0.39, 0.29) is 0 Å². The van der Waals surface area contributed by atoms with Gasteiger partial charge in [-0.3, -0.25) is 0 Å². The predicted molar refractivity (Wildman–Crippen MR) is 97.2 cm³/mol. The van der Waals surface area contributed by atoms with E-state index in [1.165, 1.54) is 17.8 Å². The molecule has 2 heterocycles. The first kappa shape index (κ1) is 17.2. The third-order valence-corrected chi connectivity index (χ3v) is 5.07. The molecule has 0 saturated heterocycles. The maximum Gasteiger partial charge on any atom is 0.357 e. The van der Waals surface area contributed by atoms with Crippen LogP contribution in [-0.4, -0.2) is 42.8 Å². The fraction of sp³-hybridized carbons (Fsp3) is 0.278. The number of nitrogens with one attached hydrogen (secondary N) is 1. The van der Waals surface area contributed by atoms with E-state index in [1.54, 1.807) is 24.3 Å². The molecule has 0 bridgehead atoms. The highest BCUT2D eigenvalue weighted by Gasteiger charge is 2.22. The molecule has 0 spiro atoms. The first-order valence-corrected chi connectivity index (χ1v) is 9.28. The Morgan fingerprint density at radius 3 is 2.93 bits per heavy atom. The van der Waals surface area contributed by atoms with Gasteiger partial charge in [0.2, 0.25) is 5.82 Å². The van der Waals surface area contributed by atoms with Crippen molar-refractivity contribution < 1.29 is 14.6 Å². The highest BCUT2D eigenvalue weighted by atomic mass is 32.1. The van der Waals surface area contributed by atoms with Gasteiger partial charge in [0, 0.05) is 11.3 Å². The van der Waals surface area contributed by atoms with Crippen LogP contribution < -0.4 is 4.74 Å². The van der Waals surface area contributed by atoms with Gasteiger partial charge in [-0.2, -0.15) is 5.21 Å². The molecule has 3 aromatic rings. The zero-order valence-electron chi connectivity index (χ0n) is 14.1. The molecule has 2 aromatic heterocycles. The summed E-state index contributed by atoms with van der Waals surface area (Å²) in [5.74, 6) is 5.45. The van der Waals surface area contributed by atoms with E-state index in [4.69, 9.17) is 4.74 Å². The van der Waals surface area contributed by atoms with Crippen molar-refractivity contribution in [3.63, 3.8) is 0 Å². The number of aromatic amines is 1. The zero-order chi connectivity index (χ0) is 18.6. The van der Waals surface area contributed by atoms with E-state index >= 15 is 0 Å². The molecule has 0 amide bonds. The van der Waals surface area contributed by atoms with Crippen LogP contribution in [0.5, 0.6) is 5.75 Å². The second-order valence-electron chi connectivity index (χ2n) is 6.04. The number of nitrogens with zero attached hydrogens (tertiary/aromatic N) is 4. The van der Waals surface area contributed by atoms with Gasteiger partial charge in [-0.05, 0) is 42.0 Å². The number of hydrogen-bond acceptors (Lipinski definition) is 7. The predicted octanol–water partition coefficient (Wildman–Crippen LogP) is 2.47. The van der Waals surface area contributed by atoms with Gasteiger partial charge in [0.25, 0.3) is 6.10 Å². The van der Waals surface area contributed by atoms with Crippen LogP contribution in [0.4, 0.5) is 0 Å². The normalized spacial score (nSPS) is 14.7. The maximum absolute atomic E-state index is 11.6. The van der Waals surface area contributed by atoms with E-state index < -0.39 is 12.1 Å². The highest BCUT2D eigenvalue weighted by molar-refractivity contribution is 7.10. The fourth-order valence-electron chi connectivity index (χ4n) is 2.66. The van der Waals surface area contributed by atoms with Gasteiger partial charge in [0.05, 0.1) is 11.3 Å². The van der Waals surface area contributed by atoms with Gasteiger partial charge in [-0.25, -0.2) is 9.78 Å². The molecule has 1 fully saturated rings. The van der Waals surface area contributed by atoms with Crippen LogP contribution in [0.1, 0.15) is 35.9 Å². The van der Waals surface area contributed by atoms with Crippen LogP contribution in [0, 0.1) is 11.8 Å². The SMILES string of the molecule is O=C(O)C(C#Cc1nc(C2CCC2)cs1)Oc1ccccc1-c1nn[nH]n1. The van der Waals surface area contributed by atoms with Crippen molar-refractivity contribution in [2.24, 2.45) is 0 Å². The van der Waals surface area contributed by atoms with Crippen molar-refractivity contribution in [1.82, 2.24) is 25.6 Å². The number of thiazole rings is 1. The van der Waals surface area contributed by atoms with Crippen LogP contribution in [0.2, 0.25) is 0 Å². The number of hydrogen-bond donors (Lipinski definition) is 2. The number of aliphatic carboxylic acids is 1. The summed E-state index contributed by atoms with van der Waals surface area (Å²) in [7, 11) is 0. The van der Waals surface area contributed by atoms with Gasteiger partial charge in [-0.1, -0.05) is 18.6 Å². The average Bonchev–Trinajstić information content (AvgIpc) is 3.29. The summed E-state index contributed by atoms with van der Waals surface area (Å²) in [5.41, 5.74) is 1.58. The Balaban J connectivity index is 1.55. The number of aromatic nitrogens is 5. The number of H-pyrrole nitrogens is 1. The lowest BCUT2D eigenvalue weighted by Crippen LogP contribution is -2.25.